The van der Waals surface area contributed by atoms with Crippen LogP contribution in [-0.4, -0.2) is 20.0 Å². The van der Waals surface area contributed by atoms with Gasteiger partial charge in [-0.3, -0.25) is 9.78 Å². The van der Waals surface area contributed by atoms with Crippen molar-refractivity contribution in [2.45, 2.75) is 13.1 Å². The average Bonchev–Trinajstić information content (AvgIpc) is 3.09. The van der Waals surface area contributed by atoms with E-state index < -0.39 is 0 Å². The quantitative estimate of drug-likeness (QED) is 0.749. The summed E-state index contributed by atoms with van der Waals surface area (Å²) in [5.41, 5.74) is 3.13. The highest BCUT2D eigenvalue weighted by Gasteiger charge is 2.04. The summed E-state index contributed by atoms with van der Waals surface area (Å²) in [5.74, 6) is 0. The Morgan fingerprint density at radius 2 is 2.32 bits per heavy atom. The van der Waals surface area contributed by atoms with Crippen LogP contribution >= 0.6 is 11.3 Å². The van der Waals surface area contributed by atoms with Gasteiger partial charge in [-0.2, -0.15) is 10.2 Å². The van der Waals surface area contributed by atoms with Crippen LogP contribution in [0.25, 0.3) is 10.6 Å². The molecule has 0 bridgehead atoms. The molecule has 0 spiro atoms. The molecular formula is C13H15N5S. The first kappa shape index (κ1) is 12.1. The first-order valence-electron chi connectivity index (χ1n) is 6.08. The second-order valence-corrected chi connectivity index (χ2v) is 5.29. The molecule has 0 saturated heterocycles. The fraction of sp³-hybridized carbons (Fsp3) is 0.231. The molecule has 0 aliphatic carbocycles. The van der Waals surface area contributed by atoms with Gasteiger partial charge in [0.15, 0.2) is 0 Å². The van der Waals surface area contributed by atoms with Gasteiger partial charge in [-0.25, -0.2) is 0 Å². The highest BCUT2D eigenvalue weighted by molar-refractivity contribution is 7.13. The molecule has 3 aromatic rings. The summed E-state index contributed by atoms with van der Waals surface area (Å²) in [5, 5.41) is 17.1. The van der Waals surface area contributed by atoms with Crippen LogP contribution in [0.15, 0.2) is 35.8 Å². The lowest BCUT2D eigenvalue weighted by atomic mass is 10.3. The van der Waals surface area contributed by atoms with Gasteiger partial charge in [0.25, 0.3) is 0 Å². The molecule has 3 rings (SSSR count). The van der Waals surface area contributed by atoms with Gasteiger partial charge in [-0.1, -0.05) is 6.07 Å². The van der Waals surface area contributed by atoms with E-state index in [0.717, 1.165) is 30.2 Å². The lowest BCUT2D eigenvalue weighted by Gasteiger charge is -1.99. The van der Waals surface area contributed by atoms with Crippen molar-refractivity contribution in [3.8, 4) is 10.6 Å². The van der Waals surface area contributed by atoms with Crippen LogP contribution < -0.4 is 5.32 Å². The van der Waals surface area contributed by atoms with Crippen molar-refractivity contribution >= 4 is 11.3 Å². The Hall–Kier alpha value is -1.92. The minimum atomic E-state index is 0.758. The smallest absolute Gasteiger partial charge is 0.102 e. The normalized spacial score (nSPS) is 11.0. The molecule has 0 unspecified atom stereocenters. The standard InChI is InChI=1S/C13H15N5S/c1-18-5-4-10(17-18)8-14-9-11-7-12(16-15-11)13-3-2-6-19-13/h2-7,14H,8-9H2,1H3,(H,15,16). The van der Waals surface area contributed by atoms with E-state index in [1.165, 1.54) is 4.88 Å². The van der Waals surface area contributed by atoms with Gasteiger partial charge in [-0.15, -0.1) is 11.3 Å². The fourth-order valence-corrected chi connectivity index (χ4v) is 2.57. The average molecular weight is 273 g/mol. The van der Waals surface area contributed by atoms with Crippen molar-refractivity contribution < 1.29 is 0 Å². The summed E-state index contributed by atoms with van der Waals surface area (Å²) >= 11 is 1.70. The second-order valence-electron chi connectivity index (χ2n) is 4.34. The summed E-state index contributed by atoms with van der Waals surface area (Å²) in [6.45, 7) is 1.52. The number of nitrogens with one attached hydrogen (secondary N) is 2. The summed E-state index contributed by atoms with van der Waals surface area (Å²) in [6, 6.07) is 8.20. The lowest BCUT2D eigenvalue weighted by molar-refractivity contribution is 0.646. The molecule has 0 aliphatic rings. The molecule has 0 atom stereocenters. The number of thiophene rings is 1. The number of nitrogens with zero attached hydrogens (tertiary/aromatic N) is 3. The van der Waals surface area contributed by atoms with Crippen molar-refractivity contribution in [2.75, 3.05) is 0 Å². The molecular weight excluding hydrogens is 258 g/mol. The first-order chi connectivity index (χ1) is 9.31. The van der Waals surface area contributed by atoms with E-state index in [4.69, 9.17) is 0 Å². The number of hydrogen-bond acceptors (Lipinski definition) is 4. The van der Waals surface area contributed by atoms with E-state index in [1.54, 1.807) is 11.3 Å². The number of aryl methyl sites for hydroxylation is 1. The van der Waals surface area contributed by atoms with Crippen molar-refractivity contribution in [2.24, 2.45) is 7.05 Å². The SMILES string of the molecule is Cn1ccc(CNCc2cc(-c3cccs3)n[nH]2)n1. The largest absolute Gasteiger partial charge is 0.305 e. The minimum Gasteiger partial charge on any atom is -0.305 e. The zero-order chi connectivity index (χ0) is 13.1. The number of aromatic amines is 1. The Balaban J connectivity index is 1.56. The minimum absolute atomic E-state index is 0.758. The third kappa shape index (κ3) is 2.91. The highest BCUT2D eigenvalue weighted by atomic mass is 32.1. The summed E-state index contributed by atoms with van der Waals surface area (Å²) in [7, 11) is 1.92. The topological polar surface area (TPSA) is 58.5 Å². The Kier molecular flexibility index (Phi) is 3.43. The molecule has 19 heavy (non-hydrogen) atoms. The van der Waals surface area contributed by atoms with Crippen molar-refractivity contribution in [3.63, 3.8) is 0 Å². The van der Waals surface area contributed by atoms with E-state index in [1.807, 2.05) is 30.1 Å². The van der Waals surface area contributed by atoms with Crippen LogP contribution in [0.5, 0.6) is 0 Å². The zero-order valence-corrected chi connectivity index (χ0v) is 11.4. The number of rotatable bonds is 5. The number of hydrogen-bond donors (Lipinski definition) is 2. The Bertz CT molecular complexity index is 638. The Morgan fingerprint density at radius 1 is 1.37 bits per heavy atom. The molecule has 0 fully saturated rings. The molecule has 3 heterocycles. The van der Waals surface area contributed by atoms with Crippen LogP contribution in [-0.2, 0) is 20.1 Å². The molecule has 3 aromatic heterocycles. The maximum Gasteiger partial charge on any atom is 0.102 e. The molecule has 5 nitrogen and oxygen atoms in total. The predicted octanol–water partition coefficient (Wildman–Crippen LogP) is 2.16. The molecule has 0 aliphatic heterocycles. The highest BCUT2D eigenvalue weighted by Crippen LogP contribution is 2.22. The fourth-order valence-electron chi connectivity index (χ4n) is 1.89. The molecule has 98 valence electrons. The van der Waals surface area contributed by atoms with Gasteiger partial charge in [0.1, 0.15) is 5.69 Å². The second kappa shape index (κ2) is 5.38. The van der Waals surface area contributed by atoms with Crippen LogP contribution in [0.1, 0.15) is 11.4 Å². The van der Waals surface area contributed by atoms with E-state index in [-0.39, 0.29) is 0 Å². The van der Waals surface area contributed by atoms with Gasteiger partial charge in [0, 0.05) is 32.0 Å². The molecule has 0 saturated carbocycles. The van der Waals surface area contributed by atoms with E-state index in [2.05, 4.69) is 38.1 Å². The van der Waals surface area contributed by atoms with Gasteiger partial charge in [-0.05, 0) is 23.6 Å². The van der Waals surface area contributed by atoms with Crippen LogP contribution in [0.4, 0.5) is 0 Å². The van der Waals surface area contributed by atoms with E-state index >= 15 is 0 Å². The summed E-state index contributed by atoms with van der Waals surface area (Å²) < 4.78 is 1.81. The molecule has 0 radical (unpaired) electrons. The predicted molar refractivity (Wildman–Crippen MR) is 75.7 cm³/mol. The monoisotopic (exact) mass is 273 g/mol. The Morgan fingerprint density at radius 3 is 3.05 bits per heavy atom. The maximum absolute atomic E-state index is 4.32. The molecule has 2 N–H and O–H groups in total. The van der Waals surface area contributed by atoms with Gasteiger partial charge in [0.05, 0.1) is 10.6 Å². The first-order valence-corrected chi connectivity index (χ1v) is 6.96. The summed E-state index contributed by atoms with van der Waals surface area (Å²) in [4.78, 5) is 1.19. The third-order valence-electron chi connectivity index (χ3n) is 2.79. The zero-order valence-electron chi connectivity index (χ0n) is 10.6. The van der Waals surface area contributed by atoms with Gasteiger partial charge < -0.3 is 5.32 Å². The summed E-state index contributed by atoms with van der Waals surface area (Å²) in [6.07, 6.45) is 1.95. The van der Waals surface area contributed by atoms with Crippen molar-refractivity contribution in [1.29, 1.82) is 0 Å². The van der Waals surface area contributed by atoms with Gasteiger partial charge in [0.2, 0.25) is 0 Å². The van der Waals surface area contributed by atoms with Crippen LogP contribution in [0, 0.1) is 0 Å². The lowest BCUT2D eigenvalue weighted by Crippen LogP contribution is -2.13. The van der Waals surface area contributed by atoms with E-state index in [9.17, 15) is 0 Å². The third-order valence-corrected chi connectivity index (χ3v) is 3.69. The molecule has 6 heteroatoms. The van der Waals surface area contributed by atoms with Crippen LogP contribution in [0.2, 0.25) is 0 Å². The van der Waals surface area contributed by atoms with Gasteiger partial charge >= 0.3 is 0 Å². The molecule has 0 amide bonds. The van der Waals surface area contributed by atoms with E-state index in [0.29, 0.717) is 0 Å². The number of aromatic nitrogens is 4. The molecule has 0 aromatic carbocycles. The van der Waals surface area contributed by atoms with Crippen molar-refractivity contribution in [1.82, 2.24) is 25.3 Å². The van der Waals surface area contributed by atoms with Crippen molar-refractivity contribution in [3.05, 3.63) is 47.2 Å². The Labute approximate surface area is 115 Å². The van der Waals surface area contributed by atoms with Crippen LogP contribution in [0.3, 0.4) is 0 Å². The maximum atomic E-state index is 4.32. The number of H-pyrrole nitrogens is 1.